The van der Waals surface area contributed by atoms with Gasteiger partial charge in [0, 0.05) is 22.6 Å². The molecule has 5 heteroatoms. The smallest absolute Gasteiger partial charge is 0.152 e. The first-order chi connectivity index (χ1) is 5.00. The maximum Gasteiger partial charge on any atom is 0.152 e. The fourth-order valence-electron chi connectivity index (χ4n) is 0.952. The van der Waals surface area contributed by atoms with Crippen molar-refractivity contribution in [2.45, 2.75) is 11.7 Å². The summed E-state index contributed by atoms with van der Waals surface area (Å²) in [6.45, 7) is 0.547. The lowest BCUT2D eigenvalue weighted by atomic mass is 10.2. The minimum Gasteiger partial charge on any atom is -0.389 e. The normalized spacial score (nSPS) is 25.6. The van der Waals surface area contributed by atoms with Crippen molar-refractivity contribution in [1.29, 1.82) is 0 Å². The second kappa shape index (κ2) is 3.30. The van der Waals surface area contributed by atoms with Crippen molar-refractivity contribution in [3.05, 3.63) is 9.78 Å². The van der Waals surface area contributed by atoms with Gasteiger partial charge in [0.2, 0.25) is 0 Å². The summed E-state index contributed by atoms with van der Waals surface area (Å²) >= 11 is 2.15. The molecule has 0 amide bonds. The van der Waals surface area contributed by atoms with E-state index in [1.807, 2.05) is 6.20 Å². The van der Waals surface area contributed by atoms with Crippen LogP contribution in [0.5, 0.6) is 0 Å². The van der Waals surface area contributed by atoms with E-state index in [1.54, 1.807) is 0 Å². The number of sulfone groups is 1. The molecule has 0 aliphatic carbocycles. The first-order valence-corrected chi connectivity index (χ1v) is 6.30. The van der Waals surface area contributed by atoms with E-state index in [0.717, 1.165) is 3.58 Å². The summed E-state index contributed by atoms with van der Waals surface area (Å²) in [6.07, 6.45) is 3.81. The number of halogens is 1. The summed E-state index contributed by atoms with van der Waals surface area (Å²) in [5.41, 5.74) is 0. The molecule has 1 unspecified atom stereocenters. The number of allylic oxidation sites excluding steroid dienone is 1. The maximum atomic E-state index is 11.1. The van der Waals surface area contributed by atoms with Gasteiger partial charge >= 0.3 is 0 Å². The second-order valence-electron chi connectivity index (χ2n) is 2.66. The topological polar surface area (TPSA) is 46.2 Å². The molecular weight excluding hydrogens is 277 g/mol. The van der Waals surface area contributed by atoms with Crippen molar-refractivity contribution in [1.82, 2.24) is 5.32 Å². The summed E-state index contributed by atoms with van der Waals surface area (Å²) in [7, 11) is -2.87. The standard InChI is InChI=1S/C6H10INO2S/c1-11(9,10)6-2-5(7)3-8-4-6/h3,6,8H,2,4H2,1H3. The van der Waals surface area contributed by atoms with Crippen LogP contribution < -0.4 is 5.32 Å². The fraction of sp³-hybridized carbons (Fsp3) is 0.667. The summed E-state index contributed by atoms with van der Waals surface area (Å²) in [5, 5.41) is 2.71. The molecule has 0 fully saturated rings. The lowest BCUT2D eigenvalue weighted by Crippen LogP contribution is -2.33. The molecule has 0 saturated heterocycles. The van der Waals surface area contributed by atoms with Gasteiger partial charge < -0.3 is 5.32 Å². The number of hydrogen-bond acceptors (Lipinski definition) is 3. The lowest BCUT2D eigenvalue weighted by Gasteiger charge is -2.19. The molecule has 1 heterocycles. The molecule has 0 aromatic rings. The van der Waals surface area contributed by atoms with Crippen LogP contribution in [0.25, 0.3) is 0 Å². The molecule has 1 atom stereocenters. The highest BCUT2D eigenvalue weighted by atomic mass is 127. The van der Waals surface area contributed by atoms with Crippen LogP contribution >= 0.6 is 22.6 Å². The van der Waals surface area contributed by atoms with E-state index in [2.05, 4.69) is 27.9 Å². The average molecular weight is 287 g/mol. The minimum atomic E-state index is -2.87. The molecule has 11 heavy (non-hydrogen) atoms. The van der Waals surface area contributed by atoms with Crippen LogP contribution in [0.15, 0.2) is 9.78 Å². The highest BCUT2D eigenvalue weighted by Gasteiger charge is 2.23. The Morgan fingerprint density at radius 1 is 1.73 bits per heavy atom. The Labute approximate surface area is 80.3 Å². The Morgan fingerprint density at radius 2 is 2.36 bits per heavy atom. The van der Waals surface area contributed by atoms with Gasteiger partial charge in [-0.25, -0.2) is 8.42 Å². The Morgan fingerprint density at radius 3 is 2.73 bits per heavy atom. The van der Waals surface area contributed by atoms with Gasteiger partial charge in [-0.05, 0) is 29.0 Å². The Balaban J connectivity index is 2.73. The van der Waals surface area contributed by atoms with Crippen molar-refractivity contribution >= 4 is 32.4 Å². The zero-order chi connectivity index (χ0) is 8.48. The monoisotopic (exact) mass is 287 g/mol. The average Bonchev–Trinajstić information content (AvgIpc) is 1.86. The molecule has 1 aliphatic rings. The Bertz CT molecular complexity index is 270. The SMILES string of the molecule is CS(=O)(=O)C1CNC=C(I)C1. The van der Waals surface area contributed by atoms with E-state index in [4.69, 9.17) is 0 Å². The molecule has 64 valence electrons. The van der Waals surface area contributed by atoms with Crippen molar-refractivity contribution in [2.75, 3.05) is 12.8 Å². The fourth-order valence-corrected chi connectivity index (χ4v) is 2.88. The third-order valence-electron chi connectivity index (χ3n) is 1.63. The van der Waals surface area contributed by atoms with Crippen LogP contribution in [0.4, 0.5) is 0 Å². The van der Waals surface area contributed by atoms with E-state index >= 15 is 0 Å². The van der Waals surface area contributed by atoms with Gasteiger partial charge in [-0.3, -0.25) is 0 Å². The largest absolute Gasteiger partial charge is 0.389 e. The molecule has 0 aromatic heterocycles. The van der Waals surface area contributed by atoms with Crippen LogP contribution in [0.1, 0.15) is 6.42 Å². The third-order valence-corrected chi connectivity index (χ3v) is 3.93. The van der Waals surface area contributed by atoms with Gasteiger partial charge in [0.1, 0.15) is 0 Å². The van der Waals surface area contributed by atoms with Crippen LogP contribution in [0, 0.1) is 0 Å². The first-order valence-electron chi connectivity index (χ1n) is 3.27. The van der Waals surface area contributed by atoms with Crippen LogP contribution in [0.2, 0.25) is 0 Å². The lowest BCUT2D eigenvalue weighted by molar-refractivity contribution is 0.576. The highest BCUT2D eigenvalue weighted by Crippen LogP contribution is 2.19. The van der Waals surface area contributed by atoms with Crippen molar-refractivity contribution in [2.24, 2.45) is 0 Å². The summed E-state index contributed by atoms with van der Waals surface area (Å²) in [5.74, 6) is 0. The highest BCUT2D eigenvalue weighted by molar-refractivity contribution is 14.1. The quantitative estimate of drug-likeness (QED) is 0.721. The number of nitrogens with one attached hydrogen (secondary N) is 1. The molecule has 0 aromatic carbocycles. The molecule has 1 rings (SSSR count). The molecule has 3 nitrogen and oxygen atoms in total. The van der Waals surface area contributed by atoms with Crippen LogP contribution in [-0.2, 0) is 9.84 Å². The summed E-state index contributed by atoms with van der Waals surface area (Å²) < 4.78 is 23.2. The molecule has 0 saturated carbocycles. The Kier molecular flexibility index (Phi) is 2.79. The molecule has 0 radical (unpaired) electrons. The van der Waals surface area contributed by atoms with E-state index in [-0.39, 0.29) is 5.25 Å². The maximum absolute atomic E-state index is 11.1. The minimum absolute atomic E-state index is 0.237. The van der Waals surface area contributed by atoms with E-state index in [9.17, 15) is 8.42 Å². The van der Waals surface area contributed by atoms with Crippen molar-refractivity contribution in [3.63, 3.8) is 0 Å². The van der Waals surface area contributed by atoms with Gasteiger partial charge in [0.05, 0.1) is 5.25 Å². The molecule has 0 bridgehead atoms. The number of rotatable bonds is 1. The molecule has 1 N–H and O–H groups in total. The van der Waals surface area contributed by atoms with E-state index in [0.29, 0.717) is 13.0 Å². The summed E-state index contributed by atoms with van der Waals surface area (Å²) in [6, 6.07) is 0. The van der Waals surface area contributed by atoms with Gasteiger partial charge in [0.25, 0.3) is 0 Å². The van der Waals surface area contributed by atoms with Crippen molar-refractivity contribution < 1.29 is 8.42 Å². The molecule has 0 spiro atoms. The van der Waals surface area contributed by atoms with Crippen molar-refractivity contribution in [3.8, 4) is 0 Å². The first kappa shape index (κ1) is 9.31. The molecular formula is C6H10INO2S. The van der Waals surface area contributed by atoms with Gasteiger partial charge in [-0.15, -0.1) is 0 Å². The summed E-state index contributed by atoms with van der Waals surface area (Å²) in [4.78, 5) is 0. The van der Waals surface area contributed by atoms with Crippen LogP contribution in [0.3, 0.4) is 0 Å². The van der Waals surface area contributed by atoms with Gasteiger partial charge in [0.15, 0.2) is 9.84 Å². The van der Waals surface area contributed by atoms with Gasteiger partial charge in [-0.2, -0.15) is 0 Å². The zero-order valence-electron chi connectivity index (χ0n) is 6.17. The van der Waals surface area contributed by atoms with Gasteiger partial charge in [-0.1, -0.05) is 0 Å². The zero-order valence-corrected chi connectivity index (χ0v) is 9.15. The van der Waals surface area contributed by atoms with E-state index in [1.165, 1.54) is 6.26 Å². The third kappa shape index (κ3) is 2.62. The predicted octanol–water partition coefficient (Wildman–Crippen LogP) is 0.669. The number of hydrogen-bond donors (Lipinski definition) is 1. The molecule has 1 aliphatic heterocycles. The second-order valence-corrected chi connectivity index (χ2v) is 6.37. The van der Waals surface area contributed by atoms with Crippen LogP contribution in [-0.4, -0.2) is 26.5 Å². The van der Waals surface area contributed by atoms with E-state index < -0.39 is 9.84 Å². The predicted molar refractivity (Wildman–Crippen MR) is 53.4 cm³/mol. The Hall–Kier alpha value is 0.220.